The van der Waals surface area contributed by atoms with Gasteiger partial charge in [-0.1, -0.05) is 32.4 Å². The number of benzene rings is 1. The molecule has 0 saturated heterocycles. The molecule has 6 heteroatoms. The van der Waals surface area contributed by atoms with Gasteiger partial charge in [-0.25, -0.2) is 0 Å². The smallest absolute Gasteiger partial charge is 0.229 e. The number of amides is 1. The minimum absolute atomic E-state index is 0.0439. The van der Waals surface area contributed by atoms with Gasteiger partial charge in [-0.15, -0.1) is 10.2 Å². The number of anilines is 1. The number of hydrogen-bond donors (Lipinski definition) is 1. The van der Waals surface area contributed by atoms with E-state index in [2.05, 4.69) is 15.5 Å². The number of nitrogens with zero attached hydrogens (tertiary/aromatic N) is 2. The first kappa shape index (κ1) is 14.8. The summed E-state index contributed by atoms with van der Waals surface area (Å²) in [6.45, 7) is 5.94. The van der Waals surface area contributed by atoms with Crippen molar-refractivity contribution >= 4 is 23.2 Å². The van der Waals surface area contributed by atoms with Gasteiger partial charge in [-0.05, 0) is 18.2 Å². The van der Waals surface area contributed by atoms with Gasteiger partial charge in [0, 0.05) is 28.3 Å². The Bertz CT molecular complexity index is 754. The first-order valence-electron chi connectivity index (χ1n) is 6.95. The lowest BCUT2D eigenvalue weighted by molar-refractivity contribution is -0.123. The lowest BCUT2D eigenvalue weighted by Gasteiger charge is -2.22. The average Bonchev–Trinajstić information content (AvgIpc) is 2.45. The lowest BCUT2D eigenvalue weighted by Crippen LogP contribution is -2.27. The molecular formula is C16H16ClN3O2. The van der Waals surface area contributed by atoms with E-state index in [-0.39, 0.29) is 5.91 Å². The molecule has 0 spiro atoms. The maximum Gasteiger partial charge on any atom is 0.229 e. The fraction of sp³-hybridized carbons (Fsp3) is 0.312. The van der Waals surface area contributed by atoms with Crippen molar-refractivity contribution < 1.29 is 9.53 Å². The number of carbonyl (C=O) groups excluding carboxylic acids is 1. The molecule has 1 aromatic carbocycles. The quantitative estimate of drug-likeness (QED) is 0.871. The summed E-state index contributed by atoms with van der Waals surface area (Å²) in [5, 5.41) is 11.1. The number of hydrogen-bond acceptors (Lipinski definition) is 4. The van der Waals surface area contributed by atoms with Crippen LogP contribution >= 0.6 is 11.6 Å². The average molecular weight is 318 g/mol. The van der Waals surface area contributed by atoms with Crippen LogP contribution in [0.1, 0.15) is 26.5 Å². The van der Waals surface area contributed by atoms with Crippen LogP contribution in [0.25, 0.3) is 11.1 Å². The summed E-state index contributed by atoms with van der Waals surface area (Å²) in [6, 6.07) is 7.33. The molecule has 1 aliphatic heterocycles. The molecular weight excluding hydrogens is 302 g/mol. The van der Waals surface area contributed by atoms with Gasteiger partial charge >= 0.3 is 0 Å². The van der Waals surface area contributed by atoms with Crippen molar-refractivity contribution in [1.29, 1.82) is 0 Å². The Morgan fingerprint density at radius 1 is 1.23 bits per heavy atom. The highest BCUT2D eigenvalue weighted by Gasteiger charge is 2.23. The third kappa shape index (κ3) is 2.76. The number of rotatable bonds is 1. The molecule has 2 aromatic rings. The maximum atomic E-state index is 12.1. The molecule has 22 heavy (non-hydrogen) atoms. The van der Waals surface area contributed by atoms with Gasteiger partial charge in [0.1, 0.15) is 18.1 Å². The van der Waals surface area contributed by atoms with E-state index in [0.717, 1.165) is 16.8 Å². The molecule has 1 aliphatic rings. The number of ether oxygens (including phenoxy) is 1. The minimum Gasteiger partial charge on any atom is -0.486 e. The second kappa shape index (κ2) is 5.25. The van der Waals surface area contributed by atoms with Crippen LogP contribution in [0.2, 0.25) is 5.15 Å². The molecule has 0 bridgehead atoms. The Kier molecular flexibility index (Phi) is 3.53. The molecule has 1 N–H and O–H groups in total. The fourth-order valence-corrected chi connectivity index (χ4v) is 2.29. The Labute approximate surface area is 133 Å². The minimum atomic E-state index is -0.452. The predicted octanol–water partition coefficient (Wildman–Crippen LogP) is 3.67. The Morgan fingerprint density at radius 2 is 2.00 bits per heavy atom. The molecule has 2 heterocycles. The van der Waals surface area contributed by atoms with Gasteiger partial charge in [-0.3, -0.25) is 4.79 Å². The van der Waals surface area contributed by atoms with Crippen molar-refractivity contribution in [3.63, 3.8) is 0 Å². The van der Waals surface area contributed by atoms with Crippen LogP contribution < -0.4 is 10.1 Å². The molecule has 1 aromatic heterocycles. The number of carbonyl (C=O) groups is 1. The molecule has 0 atom stereocenters. The van der Waals surface area contributed by atoms with Gasteiger partial charge in [0.25, 0.3) is 0 Å². The number of aromatic nitrogens is 2. The van der Waals surface area contributed by atoms with Gasteiger partial charge < -0.3 is 10.1 Å². The Morgan fingerprint density at radius 3 is 2.73 bits per heavy atom. The van der Waals surface area contributed by atoms with Crippen LogP contribution in [-0.2, 0) is 11.4 Å². The third-order valence-corrected chi connectivity index (χ3v) is 3.60. The zero-order valence-electron chi connectivity index (χ0n) is 12.6. The van der Waals surface area contributed by atoms with Crippen molar-refractivity contribution in [2.45, 2.75) is 27.4 Å². The molecule has 0 unspecified atom stereocenters. The normalized spacial score (nSPS) is 12.9. The van der Waals surface area contributed by atoms with Crippen LogP contribution in [0.4, 0.5) is 5.69 Å². The van der Waals surface area contributed by atoms with E-state index in [1.165, 1.54) is 0 Å². The highest BCUT2D eigenvalue weighted by molar-refractivity contribution is 6.29. The second-order valence-electron chi connectivity index (χ2n) is 6.23. The van der Waals surface area contributed by atoms with Crippen molar-refractivity contribution in [1.82, 2.24) is 10.2 Å². The van der Waals surface area contributed by atoms with Crippen molar-refractivity contribution in [2.24, 2.45) is 5.41 Å². The molecule has 0 radical (unpaired) electrons. The first-order valence-corrected chi connectivity index (χ1v) is 7.33. The summed E-state index contributed by atoms with van der Waals surface area (Å²) in [5.74, 6) is 0.654. The van der Waals surface area contributed by atoms with E-state index in [1.807, 2.05) is 39.0 Å². The molecule has 3 rings (SSSR count). The van der Waals surface area contributed by atoms with E-state index in [1.54, 1.807) is 6.07 Å². The predicted molar refractivity (Wildman–Crippen MR) is 84.9 cm³/mol. The van der Waals surface area contributed by atoms with E-state index in [9.17, 15) is 4.79 Å². The molecule has 5 nitrogen and oxygen atoms in total. The number of fused-ring (bicyclic) bond motifs is 3. The first-order chi connectivity index (χ1) is 10.3. The van der Waals surface area contributed by atoms with Gasteiger partial charge in [0.05, 0.1) is 0 Å². The summed E-state index contributed by atoms with van der Waals surface area (Å²) >= 11 is 5.92. The molecule has 0 aliphatic carbocycles. The summed E-state index contributed by atoms with van der Waals surface area (Å²) in [7, 11) is 0. The van der Waals surface area contributed by atoms with Crippen molar-refractivity contribution in [2.75, 3.05) is 5.32 Å². The Balaban J connectivity index is 1.95. The largest absolute Gasteiger partial charge is 0.486 e. The summed E-state index contributed by atoms with van der Waals surface area (Å²) in [6.07, 6.45) is 0. The molecule has 114 valence electrons. The molecule has 1 amide bonds. The molecule has 0 saturated carbocycles. The monoisotopic (exact) mass is 317 g/mol. The van der Waals surface area contributed by atoms with Gasteiger partial charge in [0.2, 0.25) is 5.91 Å². The van der Waals surface area contributed by atoms with E-state index in [4.69, 9.17) is 16.3 Å². The highest BCUT2D eigenvalue weighted by atomic mass is 35.5. The van der Waals surface area contributed by atoms with Crippen molar-refractivity contribution in [3.8, 4) is 16.9 Å². The van der Waals surface area contributed by atoms with Crippen LogP contribution in [0, 0.1) is 5.41 Å². The van der Waals surface area contributed by atoms with Crippen molar-refractivity contribution in [3.05, 3.63) is 35.1 Å². The Hall–Kier alpha value is -2.14. The van der Waals surface area contributed by atoms with Crippen LogP contribution in [0.3, 0.4) is 0 Å². The van der Waals surface area contributed by atoms with Crippen LogP contribution in [0.15, 0.2) is 24.3 Å². The van der Waals surface area contributed by atoms with E-state index < -0.39 is 5.41 Å². The zero-order valence-corrected chi connectivity index (χ0v) is 13.4. The molecule has 0 fully saturated rings. The van der Waals surface area contributed by atoms with Gasteiger partial charge in [0.15, 0.2) is 5.15 Å². The SMILES string of the molecule is CC(C)(C)C(=O)Nc1ccc2c(c1)OCc1nnc(Cl)cc1-2. The fourth-order valence-electron chi connectivity index (χ4n) is 2.14. The highest BCUT2D eigenvalue weighted by Crippen LogP contribution is 2.39. The third-order valence-electron chi connectivity index (χ3n) is 3.42. The van der Waals surface area contributed by atoms with Crippen LogP contribution in [-0.4, -0.2) is 16.1 Å². The number of nitrogens with one attached hydrogen (secondary N) is 1. The van der Waals surface area contributed by atoms with Gasteiger partial charge in [-0.2, -0.15) is 0 Å². The van der Waals surface area contributed by atoms with Crippen LogP contribution in [0.5, 0.6) is 5.75 Å². The second-order valence-corrected chi connectivity index (χ2v) is 6.62. The summed E-state index contributed by atoms with van der Waals surface area (Å²) in [4.78, 5) is 12.1. The summed E-state index contributed by atoms with van der Waals surface area (Å²) in [5.41, 5.74) is 2.81. The maximum absolute atomic E-state index is 12.1. The van der Waals surface area contributed by atoms with E-state index >= 15 is 0 Å². The zero-order chi connectivity index (χ0) is 15.9. The summed E-state index contributed by atoms with van der Waals surface area (Å²) < 4.78 is 5.70. The number of halogens is 1. The standard InChI is InChI=1S/C16H16ClN3O2/c1-16(2,3)15(21)18-9-4-5-10-11-7-14(17)20-19-12(11)8-22-13(10)6-9/h4-7H,8H2,1-3H3,(H,18,21). The van der Waals surface area contributed by atoms with E-state index in [0.29, 0.717) is 23.2 Å². The topological polar surface area (TPSA) is 64.1 Å². The lowest BCUT2D eigenvalue weighted by atomic mass is 9.95.